The molecule has 1 N–H and O–H groups in total. The second-order valence-corrected chi connectivity index (χ2v) is 6.89. The lowest BCUT2D eigenvalue weighted by atomic mass is 10.1. The monoisotopic (exact) mass is 395 g/mol. The third-order valence-corrected chi connectivity index (χ3v) is 4.88. The van der Waals surface area contributed by atoms with Crippen molar-refractivity contribution < 1.29 is 19.0 Å². The van der Waals surface area contributed by atoms with Gasteiger partial charge in [0.25, 0.3) is 5.91 Å². The Morgan fingerprint density at radius 2 is 1.77 bits per heavy atom. The maximum absolute atomic E-state index is 12.4. The van der Waals surface area contributed by atoms with Crippen LogP contribution in [0.25, 0.3) is 0 Å². The first kappa shape index (κ1) is 20.3. The summed E-state index contributed by atoms with van der Waals surface area (Å²) in [4.78, 5) is 12.4. The first-order valence-corrected chi connectivity index (χ1v) is 9.52. The molecule has 0 atom stereocenters. The molecule has 140 valence electrons. The highest BCUT2D eigenvalue weighted by Gasteiger charge is 2.16. The molecule has 0 aromatic heterocycles. The molecule has 0 spiro atoms. The smallest absolute Gasteiger partial charge is 0.251 e. The fourth-order valence-electron chi connectivity index (χ4n) is 2.37. The molecule has 0 aliphatic rings. The Kier molecular flexibility index (Phi) is 7.94. The summed E-state index contributed by atoms with van der Waals surface area (Å²) >= 11 is 7.70. The van der Waals surface area contributed by atoms with Gasteiger partial charge in [0.2, 0.25) is 5.75 Å². The topological polar surface area (TPSA) is 56.8 Å². The average Bonchev–Trinajstić information content (AvgIpc) is 2.66. The van der Waals surface area contributed by atoms with Gasteiger partial charge >= 0.3 is 0 Å². The normalized spacial score (nSPS) is 10.3. The molecule has 2 rings (SSSR count). The maximum Gasteiger partial charge on any atom is 0.251 e. The third kappa shape index (κ3) is 5.47. The van der Waals surface area contributed by atoms with Crippen LogP contribution in [0, 0.1) is 0 Å². The minimum atomic E-state index is -0.187. The molecular formula is C19H22ClNO4S. The molecule has 0 bridgehead atoms. The molecule has 5 nitrogen and oxygen atoms in total. The molecule has 0 fully saturated rings. The van der Waals surface area contributed by atoms with Crippen LogP contribution in [0.1, 0.15) is 15.9 Å². The minimum absolute atomic E-state index is 0.187. The largest absolute Gasteiger partial charge is 0.493 e. The number of thioether (sulfide) groups is 1. The number of halogens is 1. The van der Waals surface area contributed by atoms with Gasteiger partial charge in [-0.1, -0.05) is 23.7 Å². The Balaban J connectivity index is 1.87. The van der Waals surface area contributed by atoms with E-state index in [-0.39, 0.29) is 5.91 Å². The van der Waals surface area contributed by atoms with E-state index in [0.717, 1.165) is 16.5 Å². The number of hydrogen-bond donors (Lipinski definition) is 1. The molecule has 0 saturated carbocycles. The molecule has 2 aromatic carbocycles. The summed E-state index contributed by atoms with van der Waals surface area (Å²) in [6.45, 7) is 0.556. The number of nitrogens with one attached hydrogen (secondary N) is 1. The van der Waals surface area contributed by atoms with Crippen LogP contribution in [-0.2, 0) is 5.75 Å². The summed E-state index contributed by atoms with van der Waals surface area (Å²) < 4.78 is 15.8. The van der Waals surface area contributed by atoms with E-state index in [1.807, 2.05) is 24.3 Å². The molecule has 0 heterocycles. The quantitative estimate of drug-likeness (QED) is 0.649. The molecule has 7 heteroatoms. The van der Waals surface area contributed by atoms with Crippen LogP contribution in [0.3, 0.4) is 0 Å². The summed E-state index contributed by atoms with van der Waals surface area (Å²) in [6, 6.07) is 11.0. The molecule has 2 aromatic rings. The molecule has 0 saturated heterocycles. The van der Waals surface area contributed by atoms with Crippen LogP contribution in [0.15, 0.2) is 36.4 Å². The van der Waals surface area contributed by atoms with Gasteiger partial charge in [-0.2, -0.15) is 11.8 Å². The van der Waals surface area contributed by atoms with Crippen LogP contribution in [0.4, 0.5) is 0 Å². The van der Waals surface area contributed by atoms with Crippen molar-refractivity contribution in [3.8, 4) is 17.2 Å². The number of amides is 1. The Bertz CT molecular complexity index is 729. The summed E-state index contributed by atoms with van der Waals surface area (Å²) in [5, 5.41) is 3.63. The Hall–Kier alpha value is -2.05. The predicted molar refractivity (Wildman–Crippen MR) is 106 cm³/mol. The highest BCUT2D eigenvalue weighted by atomic mass is 35.5. The van der Waals surface area contributed by atoms with E-state index in [1.165, 1.54) is 26.9 Å². The second kappa shape index (κ2) is 10.2. The van der Waals surface area contributed by atoms with Gasteiger partial charge in [0.1, 0.15) is 0 Å². The van der Waals surface area contributed by atoms with E-state index >= 15 is 0 Å². The van der Waals surface area contributed by atoms with Crippen LogP contribution >= 0.6 is 23.4 Å². The van der Waals surface area contributed by atoms with E-state index in [0.29, 0.717) is 29.4 Å². The highest BCUT2D eigenvalue weighted by Crippen LogP contribution is 2.38. The number of carbonyl (C=O) groups is 1. The second-order valence-electron chi connectivity index (χ2n) is 5.35. The molecule has 0 unspecified atom stereocenters. The maximum atomic E-state index is 12.4. The van der Waals surface area contributed by atoms with E-state index in [2.05, 4.69) is 5.32 Å². The third-order valence-electron chi connectivity index (χ3n) is 3.62. The summed E-state index contributed by atoms with van der Waals surface area (Å²) in [7, 11) is 4.56. The van der Waals surface area contributed by atoms with Crippen molar-refractivity contribution in [3.05, 3.63) is 52.5 Å². The van der Waals surface area contributed by atoms with Crippen LogP contribution < -0.4 is 19.5 Å². The number of ether oxygens (including phenoxy) is 3. The summed E-state index contributed by atoms with van der Waals surface area (Å²) in [5.41, 5.74) is 1.62. The molecular weight excluding hydrogens is 374 g/mol. The van der Waals surface area contributed by atoms with E-state index < -0.39 is 0 Å². The first-order valence-electron chi connectivity index (χ1n) is 7.99. The van der Waals surface area contributed by atoms with Gasteiger partial charge in [-0.05, 0) is 29.8 Å². The standard InChI is InChI=1S/C19H22ClNO4S/c1-23-16-10-14(11-17(24-2)18(16)25-3)19(22)21-7-8-26-12-13-5-4-6-15(20)9-13/h4-6,9-11H,7-8,12H2,1-3H3,(H,21,22). The lowest BCUT2D eigenvalue weighted by Gasteiger charge is -2.14. The SMILES string of the molecule is COc1cc(C(=O)NCCSCc2cccc(Cl)c2)cc(OC)c1OC. The van der Waals surface area contributed by atoms with Crippen molar-refractivity contribution in [3.63, 3.8) is 0 Å². The van der Waals surface area contributed by atoms with Gasteiger partial charge < -0.3 is 19.5 Å². The van der Waals surface area contributed by atoms with Crippen molar-refractivity contribution in [2.45, 2.75) is 5.75 Å². The zero-order valence-electron chi connectivity index (χ0n) is 15.0. The summed E-state index contributed by atoms with van der Waals surface area (Å²) in [6.07, 6.45) is 0. The zero-order chi connectivity index (χ0) is 18.9. The lowest BCUT2D eigenvalue weighted by Crippen LogP contribution is -2.25. The number of carbonyl (C=O) groups excluding carboxylic acids is 1. The number of rotatable bonds is 9. The first-order chi connectivity index (χ1) is 12.6. The Morgan fingerprint density at radius 1 is 1.08 bits per heavy atom. The fourth-order valence-corrected chi connectivity index (χ4v) is 3.39. The van der Waals surface area contributed by atoms with Crippen molar-refractivity contribution >= 4 is 29.3 Å². The molecule has 26 heavy (non-hydrogen) atoms. The zero-order valence-corrected chi connectivity index (χ0v) is 16.6. The molecule has 0 aliphatic carbocycles. The van der Waals surface area contributed by atoms with Crippen LogP contribution in [-0.4, -0.2) is 39.5 Å². The predicted octanol–water partition coefficient (Wildman–Crippen LogP) is 4.03. The average molecular weight is 396 g/mol. The van der Waals surface area contributed by atoms with Crippen molar-refractivity contribution in [1.82, 2.24) is 5.32 Å². The van der Waals surface area contributed by atoms with Crippen molar-refractivity contribution in [2.75, 3.05) is 33.6 Å². The van der Waals surface area contributed by atoms with Crippen molar-refractivity contribution in [1.29, 1.82) is 0 Å². The number of hydrogen-bond acceptors (Lipinski definition) is 5. The van der Waals surface area contributed by atoms with Crippen molar-refractivity contribution in [2.24, 2.45) is 0 Å². The van der Waals surface area contributed by atoms with E-state index in [4.69, 9.17) is 25.8 Å². The highest BCUT2D eigenvalue weighted by molar-refractivity contribution is 7.98. The van der Waals surface area contributed by atoms with Gasteiger partial charge in [0, 0.05) is 28.6 Å². The van der Waals surface area contributed by atoms with E-state index in [9.17, 15) is 4.79 Å². The molecule has 0 radical (unpaired) electrons. The van der Waals surface area contributed by atoms with Gasteiger partial charge in [0.15, 0.2) is 11.5 Å². The lowest BCUT2D eigenvalue weighted by molar-refractivity contribution is 0.0955. The van der Waals surface area contributed by atoms with E-state index in [1.54, 1.807) is 23.9 Å². The minimum Gasteiger partial charge on any atom is -0.493 e. The Morgan fingerprint density at radius 3 is 2.35 bits per heavy atom. The van der Waals surface area contributed by atoms with Gasteiger partial charge in [0.05, 0.1) is 21.3 Å². The van der Waals surface area contributed by atoms with Gasteiger partial charge in [-0.25, -0.2) is 0 Å². The summed E-state index contributed by atoms with van der Waals surface area (Å²) in [5.74, 6) is 2.82. The van der Waals surface area contributed by atoms with Gasteiger partial charge in [-0.15, -0.1) is 0 Å². The molecule has 0 aliphatic heterocycles. The van der Waals surface area contributed by atoms with Crippen LogP contribution in [0.2, 0.25) is 5.02 Å². The fraction of sp³-hybridized carbons (Fsp3) is 0.316. The molecule has 1 amide bonds. The number of benzene rings is 2. The Labute approximate surface area is 163 Å². The van der Waals surface area contributed by atoms with Gasteiger partial charge in [-0.3, -0.25) is 4.79 Å². The number of methoxy groups -OCH3 is 3. The van der Waals surface area contributed by atoms with Crippen LogP contribution in [0.5, 0.6) is 17.2 Å².